The zero-order valence-electron chi connectivity index (χ0n) is 19.5. The van der Waals surface area contributed by atoms with Crippen LogP contribution in [0.5, 0.6) is 0 Å². The number of rotatable bonds is 12. The minimum absolute atomic E-state index is 0.158. The van der Waals surface area contributed by atoms with Crippen LogP contribution in [0.15, 0.2) is 84.5 Å². The highest BCUT2D eigenvalue weighted by Gasteiger charge is 2.32. The van der Waals surface area contributed by atoms with Gasteiger partial charge in [0.05, 0.1) is 11.7 Å². The first-order chi connectivity index (χ1) is 15.2. The van der Waals surface area contributed by atoms with Crippen molar-refractivity contribution in [1.82, 2.24) is 0 Å². The first kappa shape index (κ1) is 26.2. The summed E-state index contributed by atoms with van der Waals surface area (Å²) in [6.07, 6.45) is 4.59. The van der Waals surface area contributed by atoms with Gasteiger partial charge in [-0.2, -0.15) is 0 Å². The molecule has 2 aromatic rings. The molecule has 5 heteroatoms. The van der Waals surface area contributed by atoms with E-state index in [9.17, 15) is 13.9 Å². The Kier molecular flexibility index (Phi) is 10.5. The van der Waals surface area contributed by atoms with E-state index in [4.69, 9.17) is 4.43 Å². The highest BCUT2D eigenvalue weighted by molar-refractivity contribution is 6.31. The van der Waals surface area contributed by atoms with Crippen molar-refractivity contribution in [3.63, 3.8) is 0 Å². The maximum atomic E-state index is 14.7. The van der Waals surface area contributed by atoms with Gasteiger partial charge in [-0.25, -0.2) is 8.78 Å². The van der Waals surface area contributed by atoms with Crippen molar-refractivity contribution in [1.29, 1.82) is 0 Å². The van der Waals surface area contributed by atoms with Crippen LogP contribution < -0.4 is 0 Å². The molecule has 0 aliphatic heterocycles. The van der Waals surface area contributed by atoms with Crippen LogP contribution in [0.25, 0.3) is 0 Å². The Morgan fingerprint density at radius 3 is 1.94 bits per heavy atom. The molecule has 2 nitrogen and oxygen atoms in total. The van der Waals surface area contributed by atoms with E-state index >= 15 is 0 Å². The van der Waals surface area contributed by atoms with Gasteiger partial charge in [-0.3, -0.25) is 0 Å². The van der Waals surface area contributed by atoms with Crippen LogP contribution in [0.4, 0.5) is 8.78 Å². The number of unbranched alkanes of at least 4 members (excludes halogenated alkanes) is 1. The lowest BCUT2D eigenvalue weighted by Crippen LogP contribution is -2.27. The lowest BCUT2D eigenvalue weighted by molar-refractivity contribution is 0.0750. The summed E-state index contributed by atoms with van der Waals surface area (Å²) in [6, 6.07) is 18.1. The molecule has 0 heterocycles. The number of benzene rings is 2. The highest BCUT2D eigenvalue weighted by atomic mass is 28.2. The van der Waals surface area contributed by atoms with Crippen molar-refractivity contribution < 1.29 is 18.3 Å². The second-order valence-electron chi connectivity index (χ2n) is 9.38. The van der Waals surface area contributed by atoms with Gasteiger partial charge >= 0.3 is 0 Å². The molecule has 174 valence electrons. The van der Waals surface area contributed by atoms with Crippen LogP contribution in [0, 0.1) is 0 Å². The maximum absolute atomic E-state index is 14.7. The van der Waals surface area contributed by atoms with E-state index in [0.717, 1.165) is 12.8 Å². The molecule has 32 heavy (non-hydrogen) atoms. The zero-order chi connectivity index (χ0) is 23.5. The summed E-state index contributed by atoms with van der Waals surface area (Å²) in [5.41, 5.74) is -0.247. The topological polar surface area (TPSA) is 29.5 Å². The Morgan fingerprint density at radius 2 is 1.41 bits per heavy atom. The molecule has 0 spiro atoms. The minimum Gasteiger partial charge on any atom is -0.423 e. The first-order valence-corrected chi connectivity index (χ1v) is 12.6. The Bertz CT molecular complexity index is 819. The van der Waals surface area contributed by atoms with Gasteiger partial charge in [-0.15, -0.1) is 0 Å². The first-order valence-electron chi connectivity index (χ1n) is 11.3. The van der Waals surface area contributed by atoms with E-state index in [-0.39, 0.29) is 23.7 Å². The van der Waals surface area contributed by atoms with Crippen LogP contribution >= 0.6 is 0 Å². The molecule has 0 saturated carbocycles. The van der Waals surface area contributed by atoms with Crippen molar-refractivity contribution in [3.05, 3.63) is 95.6 Å². The maximum Gasteiger partial charge on any atom is 0.166 e. The number of aliphatic hydroxyl groups is 1. The molecule has 0 fully saturated rings. The highest BCUT2D eigenvalue weighted by Crippen LogP contribution is 2.36. The zero-order valence-corrected chi connectivity index (χ0v) is 20.9. The minimum atomic E-state index is -1.48. The van der Waals surface area contributed by atoms with E-state index in [1.165, 1.54) is 12.2 Å². The third kappa shape index (κ3) is 9.19. The summed E-state index contributed by atoms with van der Waals surface area (Å²) in [4.78, 5) is 0. The summed E-state index contributed by atoms with van der Waals surface area (Å²) in [5, 5.41) is 11.7. The molecule has 0 amide bonds. The molecule has 1 N–H and O–H groups in total. The van der Waals surface area contributed by atoms with Gasteiger partial charge in [0.15, 0.2) is 9.76 Å². The quantitative estimate of drug-likeness (QED) is 0.277. The van der Waals surface area contributed by atoms with Crippen molar-refractivity contribution in [2.24, 2.45) is 0 Å². The molecule has 0 aromatic heterocycles. The fraction of sp³-hybridized carbons (Fsp3) is 0.407. The number of allylic oxidation sites excluding steroid dienone is 3. The van der Waals surface area contributed by atoms with Gasteiger partial charge < -0.3 is 9.53 Å². The average Bonchev–Trinajstić information content (AvgIpc) is 2.76. The molecular weight excluding hydrogens is 422 g/mol. The molecule has 0 aliphatic carbocycles. The van der Waals surface area contributed by atoms with E-state index in [1.54, 1.807) is 24.3 Å². The van der Waals surface area contributed by atoms with Gasteiger partial charge in [0.25, 0.3) is 0 Å². The molecule has 0 saturated heterocycles. The fourth-order valence-electron chi connectivity index (χ4n) is 3.41. The summed E-state index contributed by atoms with van der Waals surface area (Å²) >= 11 is 0. The normalized spacial score (nSPS) is 13.8. The molecule has 0 unspecified atom stereocenters. The Hall–Kier alpha value is -2.08. The second-order valence-corrected chi connectivity index (χ2v) is 12.2. The third-order valence-corrected chi connectivity index (χ3v) is 6.45. The average molecular weight is 459 g/mol. The van der Waals surface area contributed by atoms with Crippen LogP contribution in [-0.2, 0) is 10.0 Å². The molecule has 0 aliphatic rings. The summed E-state index contributed by atoms with van der Waals surface area (Å²) in [7, 11) is -0.552. The summed E-state index contributed by atoms with van der Waals surface area (Å²) in [5.74, 6) is -0.701. The Morgan fingerprint density at radius 1 is 0.875 bits per heavy atom. The van der Waals surface area contributed by atoms with Crippen molar-refractivity contribution in [2.75, 3.05) is 6.61 Å². The monoisotopic (exact) mass is 458 g/mol. The van der Waals surface area contributed by atoms with Crippen LogP contribution in [0.1, 0.15) is 64.0 Å². The van der Waals surface area contributed by atoms with Crippen molar-refractivity contribution >= 4 is 9.76 Å². The van der Waals surface area contributed by atoms with E-state index in [2.05, 4.69) is 20.8 Å². The SMILES string of the molecule is CC(C)(C)[SiH2]OCCCCC(F)=CCC=C(F)CC(O)(c1ccccc1)c1ccccc1. The van der Waals surface area contributed by atoms with Crippen molar-refractivity contribution in [2.45, 2.75) is 63.5 Å². The Balaban J connectivity index is 1.89. The van der Waals surface area contributed by atoms with Crippen LogP contribution in [-0.4, -0.2) is 21.5 Å². The molecule has 0 atom stereocenters. The van der Waals surface area contributed by atoms with Gasteiger partial charge in [-0.1, -0.05) is 81.4 Å². The smallest absolute Gasteiger partial charge is 0.166 e. The van der Waals surface area contributed by atoms with E-state index in [1.807, 2.05) is 36.4 Å². The number of hydrogen-bond acceptors (Lipinski definition) is 2. The number of hydrogen-bond donors (Lipinski definition) is 1. The molecule has 2 aromatic carbocycles. The predicted octanol–water partition coefficient (Wildman–Crippen LogP) is 6.90. The van der Waals surface area contributed by atoms with Gasteiger partial charge in [0.1, 0.15) is 5.60 Å². The molecule has 0 radical (unpaired) electrons. The fourth-order valence-corrected chi connectivity index (χ4v) is 4.37. The standard InChI is InChI=1S/C27H36F2O2Si/c1-26(2,3)32-31-20-11-10-17-24(28)18-12-19-25(29)21-27(30,22-13-6-4-7-14-22)23-15-8-5-9-16-23/h4-9,13-16,18-19,30H,10-12,17,20-21,32H2,1-3H3. The van der Waals surface area contributed by atoms with E-state index in [0.29, 0.717) is 24.2 Å². The second kappa shape index (κ2) is 12.8. The molecular formula is C27H36F2O2Si. The lowest BCUT2D eigenvalue weighted by Gasteiger charge is -2.29. The van der Waals surface area contributed by atoms with Gasteiger partial charge in [-0.05, 0) is 54.0 Å². The summed E-state index contributed by atoms with van der Waals surface area (Å²) in [6.45, 7) is 7.21. The van der Waals surface area contributed by atoms with Crippen LogP contribution in [0.2, 0.25) is 5.04 Å². The van der Waals surface area contributed by atoms with Crippen LogP contribution in [0.3, 0.4) is 0 Å². The third-order valence-electron chi connectivity index (χ3n) is 5.10. The van der Waals surface area contributed by atoms with Crippen molar-refractivity contribution in [3.8, 4) is 0 Å². The Labute approximate surface area is 194 Å². The lowest BCUT2D eigenvalue weighted by atomic mass is 9.83. The van der Waals surface area contributed by atoms with Gasteiger partial charge in [0.2, 0.25) is 0 Å². The van der Waals surface area contributed by atoms with Gasteiger partial charge in [0, 0.05) is 13.0 Å². The summed E-state index contributed by atoms with van der Waals surface area (Å²) < 4.78 is 34.5. The largest absolute Gasteiger partial charge is 0.423 e. The predicted molar refractivity (Wildman–Crippen MR) is 132 cm³/mol. The number of halogens is 2. The molecule has 2 rings (SSSR count). The molecule has 0 bridgehead atoms. The van der Waals surface area contributed by atoms with E-state index < -0.39 is 21.2 Å².